The molecular formula is C4H12N8O4+2. The fraction of sp³-hybridized carbons (Fsp3) is 0.500. The van der Waals surface area contributed by atoms with E-state index in [0.29, 0.717) is 0 Å². The third-order valence-electron chi connectivity index (χ3n) is 1.08. The van der Waals surface area contributed by atoms with Gasteiger partial charge >= 0.3 is 10.1 Å². The van der Waals surface area contributed by atoms with Crippen LogP contribution in [0.3, 0.4) is 0 Å². The summed E-state index contributed by atoms with van der Waals surface area (Å²) in [5, 5.41) is 15.1. The zero-order valence-corrected chi connectivity index (χ0v) is 8.07. The molecule has 0 atom stereocenters. The average Bonchev–Trinajstić information content (AvgIpc) is 2.10. The van der Waals surface area contributed by atoms with Crippen molar-refractivity contribution in [2.75, 3.05) is 13.1 Å². The molecule has 0 amide bonds. The second kappa shape index (κ2) is 6.74. The quantitative estimate of drug-likeness (QED) is 0.126. The van der Waals surface area contributed by atoms with Gasteiger partial charge in [0.05, 0.1) is 13.1 Å². The first-order valence-corrected chi connectivity index (χ1v) is 3.87. The van der Waals surface area contributed by atoms with Crippen molar-refractivity contribution in [3.8, 4) is 0 Å². The van der Waals surface area contributed by atoms with Crippen LogP contribution in [0.15, 0.2) is 9.98 Å². The van der Waals surface area contributed by atoms with Crippen LogP contribution in [0.5, 0.6) is 0 Å². The summed E-state index contributed by atoms with van der Waals surface area (Å²) >= 11 is 0. The molecule has 0 saturated heterocycles. The first-order chi connectivity index (χ1) is 7.41. The van der Waals surface area contributed by atoms with E-state index in [1.807, 2.05) is 0 Å². The number of aliphatic imine (C=N–C) groups is 2. The van der Waals surface area contributed by atoms with Gasteiger partial charge in [0, 0.05) is 0 Å². The van der Waals surface area contributed by atoms with Gasteiger partial charge in [0.15, 0.2) is 0 Å². The largest absolute Gasteiger partial charge is 0.365 e. The fourth-order valence-corrected chi connectivity index (χ4v) is 0.608. The second-order valence-corrected chi connectivity index (χ2v) is 2.30. The Morgan fingerprint density at radius 2 is 1.31 bits per heavy atom. The lowest BCUT2D eigenvalue weighted by Gasteiger charge is -1.93. The van der Waals surface area contributed by atoms with Gasteiger partial charge in [-0.05, 0) is 10.9 Å². The molecule has 0 saturated carbocycles. The molecule has 90 valence electrons. The maximum Gasteiger partial charge on any atom is 0.362 e. The Morgan fingerprint density at radius 1 is 1.00 bits per heavy atom. The molecule has 0 aliphatic carbocycles. The number of nitrogens with zero attached hydrogens (tertiary/aromatic N) is 4. The molecular weight excluding hydrogens is 224 g/mol. The molecule has 0 heterocycles. The Balaban J connectivity index is 3.89. The normalized spacial score (nSPS) is 12.0. The van der Waals surface area contributed by atoms with Crippen molar-refractivity contribution in [3.05, 3.63) is 9.81 Å². The molecule has 8 N–H and O–H groups in total. The van der Waals surface area contributed by atoms with Crippen molar-refractivity contribution < 1.29 is 20.5 Å². The molecule has 0 bridgehead atoms. The Morgan fingerprint density at radius 3 is 1.56 bits per heavy atom. The van der Waals surface area contributed by atoms with E-state index < -0.39 is 10.1 Å². The third kappa shape index (κ3) is 7.96. The Labute approximate surface area is 88.7 Å². The van der Waals surface area contributed by atoms with Crippen LogP contribution in [-0.2, 0) is 0 Å². The van der Waals surface area contributed by atoms with Crippen LogP contribution in [0.1, 0.15) is 0 Å². The molecule has 0 aromatic rings. The molecule has 0 spiro atoms. The van der Waals surface area contributed by atoms with Crippen LogP contribution in [0.2, 0.25) is 0 Å². The van der Waals surface area contributed by atoms with Crippen molar-refractivity contribution in [1.82, 2.24) is 10.9 Å². The lowest BCUT2D eigenvalue weighted by atomic mass is 10.6. The van der Waals surface area contributed by atoms with Crippen LogP contribution in [-0.4, -0.2) is 45.5 Å². The van der Waals surface area contributed by atoms with Gasteiger partial charge in [-0.25, -0.2) is 20.4 Å². The van der Waals surface area contributed by atoms with E-state index in [-0.39, 0.29) is 25.0 Å². The van der Waals surface area contributed by atoms with E-state index >= 15 is 0 Å². The minimum atomic E-state index is -0.612. The minimum Gasteiger partial charge on any atom is -0.365 e. The van der Waals surface area contributed by atoms with Gasteiger partial charge in [-0.1, -0.05) is 0 Å². The lowest BCUT2D eigenvalue weighted by Crippen LogP contribution is -2.38. The van der Waals surface area contributed by atoms with Crippen molar-refractivity contribution in [1.29, 1.82) is 0 Å². The van der Waals surface area contributed by atoms with Crippen LogP contribution in [0.4, 0.5) is 0 Å². The SMILES string of the molecule is NC(=NCCN=C(N)N[N+](=O)O)N[N+](=O)O. The first kappa shape index (κ1) is 13.3. The van der Waals surface area contributed by atoms with Crippen molar-refractivity contribution in [2.24, 2.45) is 21.5 Å². The summed E-state index contributed by atoms with van der Waals surface area (Å²) in [6.45, 7) is 0.110. The smallest absolute Gasteiger partial charge is 0.362 e. The number of nitrogens with two attached hydrogens (primary N) is 2. The van der Waals surface area contributed by atoms with Gasteiger partial charge in [0.1, 0.15) is 9.81 Å². The summed E-state index contributed by atoms with van der Waals surface area (Å²) in [5.74, 6) is -0.626. The molecule has 12 heteroatoms. The summed E-state index contributed by atoms with van der Waals surface area (Å²) in [5.41, 5.74) is 13.7. The second-order valence-electron chi connectivity index (χ2n) is 2.30. The predicted octanol–water partition coefficient (Wildman–Crippen LogP) is -3.04. The molecule has 0 radical (unpaired) electrons. The maximum absolute atomic E-state index is 9.99. The van der Waals surface area contributed by atoms with Gasteiger partial charge in [-0.15, -0.1) is 0 Å². The maximum atomic E-state index is 9.99. The lowest BCUT2D eigenvalue weighted by molar-refractivity contribution is -0.822. The van der Waals surface area contributed by atoms with E-state index in [9.17, 15) is 9.81 Å². The highest BCUT2D eigenvalue weighted by molar-refractivity contribution is 5.77. The van der Waals surface area contributed by atoms with E-state index in [2.05, 4.69) is 9.98 Å². The summed E-state index contributed by atoms with van der Waals surface area (Å²) in [7, 11) is 0. The number of hydrazine groups is 2. The molecule has 0 fully saturated rings. The van der Waals surface area contributed by atoms with E-state index in [0.717, 1.165) is 0 Å². The van der Waals surface area contributed by atoms with E-state index in [4.69, 9.17) is 21.9 Å². The number of guanidine groups is 2. The molecule has 0 unspecified atom stereocenters. The van der Waals surface area contributed by atoms with Crippen LogP contribution < -0.4 is 22.3 Å². The van der Waals surface area contributed by atoms with Gasteiger partial charge in [0.25, 0.3) is 11.9 Å². The highest BCUT2D eigenvalue weighted by Gasteiger charge is 2.05. The van der Waals surface area contributed by atoms with E-state index in [1.54, 1.807) is 10.9 Å². The Kier molecular flexibility index (Phi) is 5.62. The van der Waals surface area contributed by atoms with Crippen molar-refractivity contribution >= 4 is 11.9 Å². The standard InChI is InChI=1S/C4H12N8O4/c5-3(9-11(13)14)7-1-2-8-4(6)10-12(15)16/h1-2H2,(H,13,14)(H,15,16)(H3,5,7,9)(H3,6,8,10)/q+2. The van der Waals surface area contributed by atoms with Gasteiger partial charge in [-0.3, -0.25) is 0 Å². The van der Waals surface area contributed by atoms with E-state index in [1.165, 1.54) is 0 Å². The average molecular weight is 236 g/mol. The molecule has 0 rings (SSSR count). The van der Waals surface area contributed by atoms with Crippen LogP contribution in [0.25, 0.3) is 0 Å². The summed E-state index contributed by atoms with van der Waals surface area (Å²) in [6, 6.07) is 0. The van der Waals surface area contributed by atoms with Gasteiger partial charge in [0.2, 0.25) is 0 Å². The number of hydrogen-bond acceptors (Lipinski definition) is 4. The van der Waals surface area contributed by atoms with Gasteiger partial charge in [-0.2, -0.15) is 0 Å². The fourth-order valence-electron chi connectivity index (χ4n) is 0.608. The van der Waals surface area contributed by atoms with Crippen LogP contribution >= 0.6 is 0 Å². The molecule has 16 heavy (non-hydrogen) atoms. The first-order valence-electron chi connectivity index (χ1n) is 3.87. The zero-order chi connectivity index (χ0) is 12.6. The number of hydrogen-bond donors (Lipinski definition) is 6. The predicted molar refractivity (Wildman–Crippen MR) is 50.1 cm³/mol. The highest BCUT2D eigenvalue weighted by atomic mass is 16.7. The molecule has 0 aromatic heterocycles. The molecule has 0 aliphatic heterocycles. The van der Waals surface area contributed by atoms with Crippen molar-refractivity contribution in [2.45, 2.75) is 0 Å². The zero-order valence-electron chi connectivity index (χ0n) is 8.07. The monoisotopic (exact) mass is 236 g/mol. The summed E-state index contributed by atoms with van der Waals surface area (Å²) in [6.07, 6.45) is 0. The summed E-state index contributed by atoms with van der Waals surface area (Å²) < 4.78 is 0. The molecule has 0 aromatic carbocycles. The number of rotatable bonds is 5. The Hall–Kier alpha value is -2.66. The third-order valence-corrected chi connectivity index (χ3v) is 1.08. The minimum absolute atomic E-state index is 0.0549. The van der Waals surface area contributed by atoms with Gasteiger partial charge < -0.3 is 11.5 Å². The topological polar surface area (TPSA) is 181 Å². The highest BCUT2D eigenvalue weighted by Crippen LogP contribution is 1.74. The van der Waals surface area contributed by atoms with Crippen LogP contribution in [0, 0.1) is 9.81 Å². The van der Waals surface area contributed by atoms with Crippen molar-refractivity contribution in [3.63, 3.8) is 0 Å². The molecule has 12 nitrogen and oxygen atoms in total. The molecule has 0 aliphatic rings. The Bertz CT molecular complexity index is 292. The summed E-state index contributed by atoms with van der Waals surface area (Å²) in [4.78, 5) is 27.1. The number of nitrogens with one attached hydrogen (secondary N) is 2.